The fraction of sp³-hybridized carbons (Fsp3) is 0.353. The summed E-state index contributed by atoms with van der Waals surface area (Å²) < 4.78 is 0. The van der Waals surface area contributed by atoms with E-state index in [1.807, 2.05) is 21.9 Å². The molecule has 2 amide bonds. The maximum atomic E-state index is 12.7. The number of hydrogen-bond acceptors (Lipinski definition) is 5. The number of aromatic nitrogens is 3. The van der Waals surface area contributed by atoms with Crippen LogP contribution in [0.15, 0.2) is 43.0 Å². The van der Waals surface area contributed by atoms with Crippen molar-refractivity contribution in [3.05, 3.63) is 54.1 Å². The van der Waals surface area contributed by atoms with Gasteiger partial charge in [-0.25, -0.2) is 0 Å². The third kappa shape index (κ3) is 2.51. The Hall–Kier alpha value is -2.83. The number of amides is 2. The second-order valence-electron chi connectivity index (χ2n) is 6.14. The van der Waals surface area contributed by atoms with Crippen LogP contribution in [0.4, 0.5) is 0 Å². The standard InChI is InChI=1S/C17H17N5O2/c23-16-8-15-14(22(16)11-12-2-1-5-18-9-12)4-7-21(15)17(24)13-3-6-19-20-10-13/h1-3,5-6,9-10,14-15H,4,7-8,11H2/t14-,15+/m0/s1. The van der Waals surface area contributed by atoms with E-state index in [1.165, 1.54) is 12.4 Å². The zero-order chi connectivity index (χ0) is 16.5. The van der Waals surface area contributed by atoms with Crippen LogP contribution in [0.25, 0.3) is 0 Å². The summed E-state index contributed by atoms with van der Waals surface area (Å²) in [7, 11) is 0. The monoisotopic (exact) mass is 323 g/mol. The molecule has 0 aromatic carbocycles. The fourth-order valence-corrected chi connectivity index (χ4v) is 3.66. The third-order valence-electron chi connectivity index (χ3n) is 4.78. The van der Waals surface area contributed by atoms with Crippen molar-refractivity contribution in [2.45, 2.75) is 31.5 Å². The number of rotatable bonds is 3. The van der Waals surface area contributed by atoms with E-state index in [0.717, 1.165) is 12.0 Å². The van der Waals surface area contributed by atoms with Crippen molar-refractivity contribution in [1.82, 2.24) is 25.0 Å². The van der Waals surface area contributed by atoms with E-state index in [4.69, 9.17) is 0 Å². The molecule has 2 atom stereocenters. The van der Waals surface area contributed by atoms with Gasteiger partial charge in [0, 0.05) is 31.9 Å². The van der Waals surface area contributed by atoms with Crippen LogP contribution in [0.5, 0.6) is 0 Å². The van der Waals surface area contributed by atoms with E-state index in [0.29, 0.717) is 25.1 Å². The summed E-state index contributed by atoms with van der Waals surface area (Å²) >= 11 is 0. The van der Waals surface area contributed by atoms with Crippen LogP contribution in [-0.2, 0) is 11.3 Å². The predicted octanol–water partition coefficient (Wildman–Crippen LogP) is 0.887. The number of pyridine rings is 1. The maximum Gasteiger partial charge on any atom is 0.255 e. The van der Waals surface area contributed by atoms with Gasteiger partial charge in [-0.2, -0.15) is 10.2 Å². The number of carbonyl (C=O) groups is 2. The molecule has 0 aliphatic carbocycles. The van der Waals surface area contributed by atoms with E-state index in [9.17, 15) is 9.59 Å². The van der Waals surface area contributed by atoms with Crippen LogP contribution < -0.4 is 0 Å². The average Bonchev–Trinajstić information content (AvgIpc) is 3.16. The molecule has 0 saturated carbocycles. The highest BCUT2D eigenvalue weighted by Crippen LogP contribution is 2.34. The summed E-state index contributed by atoms with van der Waals surface area (Å²) in [6, 6.07) is 5.51. The Balaban J connectivity index is 1.52. The Morgan fingerprint density at radius 2 is 2.08 bits per heavy atom. The normalized spacial score (nSPS) is 22.8. The molecule has 7 heteroatoms. The summed E-state index contributed by atoms with van der Waals surface area (Å²) in [5, 5.41) is 7.47. The summed E-state index contributed by atoms with van der Waals surface area (Å²) in [6.07, 6.45) is 7.67. The van der Waals surface area contributed by atoms with Gasteiger partial charge in [0.25, 0.3) is 5.91 Å². The molecule has 2 aromatic heterocycles. The molecule has 2 aromatic rings. The van der Waals surface area contributed by atoms with Gasteiger partial charge in [-0.3, -0.25) is 14.6 Å². The largest absolute Gasteiger partial charge is 0.333 e. The quantitative estimate of drug-likeness (QED) is 0.838. The highest BCUT2D eigenvalue weighted by atomic mass is 16.2. The number of likely N-dealkylation sites (tertiary alicyclic amines) is 2. The lowest BCUT2D eigenvalue weighted by Crippen LogP contribution is -2.39. The molecule has 2 aliphatic rings. The van der Waals surface area contributed by atoms with Gasteiger partial charge in [0.1, 0.15) is 0 Å². The SMILES string of the molecule is O=C(c1ccnnc1)N1CC[C@H]2[C@H]1CC(=O)N2Cc1cccnc1. The molecule has 2 aliphatic heterocycles. The first-order valence-corrected chi connectivity index (χ1v) is 8.00. The second kappa shape index (κ2) is 5.99. The predicted molar refractivity (Wildman–Crippen MR) is 84.7 cm³/mol. The van der Waals surface area contributed by atoms with Crippen molar-refractivity contribution in [1.29, 1.82) is 0 Å². The van der Waals surface area contributed by atoms with E-state index >= 15 is 0 Å². The molecule has 2 fully saturated rings. The maximum absolute atomic E-state index is 12.7. The zero-order valence-electron chi connectivity index (χ0n) is 13.1. The van der Waals surface area contributed by atoms with Crippen LogP contribution in [0.2, 0.25) is 0 Å². The summed E-state index contributed by atoms with van der Waals surface area (Å²) in [4.78, 5) is 32.9. The van der Waals surface area contributed by atoms with E-state index in [-0.39, 0.29) is 23.9 Å². The average molecular weight is 323 g/mol. The highest BCUT2D eigenvalue weighted by Gasteiger charge is 2.48. The van der Waals surface area contributed by atoms with Gasteiger partial charge in [0.15, 0.2) is 0 Å². The van der Waals surface area contributed by atoms with Crippen molar-refractivity contribution in [2.24, 2.45) is 0 Å². The van der Waals surface area contributed by atoms with Gasteiger partial charge in [-0.15, -0.1) is 0 Å². The number of carbonyl (C=O) groups excluding carboxylic acids is 2. The number of nitrogens with zero attached hydrogens (tertiary/aromatic N) is 5. The van der Waals surface area contributed by atoms with E-state index in [1.54, 1.807) is 18.5 Å². The lowest BCUT2D eigenvalue weighted by molar-refractivity contribution is -0.129. The Morgan fingerprint density at radius 3 is 2.83 bits per heavy atom. The van der Waals surface area contributed by atoms with Crippen molar-refractivity contribution in [3.63, 3.8) is 0 Å². The lowest BCUT2D eigenvalue weighted by Gasteiger charge is -2.25. The van der Waals surface area contributed by atoms with Crippen LogP contribution >= 0.6 is 0 Å². The Labute approximate surface area is 139 Å². The van der Waals surface area contributed by atoms with E-state index in [2.05, 4.69) is 15.2 Å². The molecule has 0 unspecified atom stereocenters. The molecule has 2 saturated heterocycles. The van der Waals surface area contributed by atoms with Crippen molar-refractivity contribution < 1.29 is 9.59 Å². The minimum Gasteiger partial charge on any atom is -0.333 e. The molecule has 24 heavy (non-hydrogen) atoms. The molecular weight excluding hydrogens is 306 g/mol. The molecule has 0 bridgehead atoms. The van der Waals surface area contributed by atoms with Crippen LogP contribution in [-0.4, -0.2) is 55.4 Å². The Bertz CT molecular complexity index is 752. The Kier molecular flexibility index (Phi) is 3.68. The number of hydrogen-bond donors (Lipinski definition) is 0. The van der Waals surface area contributed by atoms with Gasteiger partial charge in [0.05, 0.1) is 30.0 Å². The van der Waals surface area contributed by atoms with Gasteiger partial charge >= 0.3 is 0 Å². The summed E-state index contributed by atoms with van der Waals surface area (Å²) in [5.74, 6) is 0.0210. The third-order valence-corrected chi connectivity index (χ3v) is 4.78. The van der Waals surface area contributed by atoms with Crippen LogP contribution in [0.3, 0.4) is 0 Å². The molecule has 0 N–H and O–H groups in total. The van der Waals surface area contributed by atoms with Crippen LogP contribution in [0.1, 0.15) is 28.8 Å². The van der Waals surface area contributed by atoms with Crippen LogP contribution in [0, 0.1) is 0 Å². The van der Waals surface area contributed by atoms with Gasteiger partial charge in [0.2, 0.25) is 5.91 Å². The smallest absolute Gasteiger partial charge is 0.255 e. The molecule has 4 rings (SSSR count). The molecule has 122 valence electrons. The zero-order valence-corrected chi connectivity index (χ0v) is 13.1. The highest BCUT2D eigenvalue weighted by molar-refractivity contribution is 5.95. The topological polar surface area (TPSA) is 79.3 Å². The first kappa shape index (κ1) is 14.7. The first-order chi connectivity index (χ1) is 11.7. The van der Waals surface area contributed by atoms with Crippen molar-refractivity contribution in [3.8, 4) is 0 Å². The molecule has 0 spiro atoms. The first-order valence-electron chi connectivity index (χ1n) is 8.00. The Morgan fingerprint density at radius 1 is 1.17 bits per heavy atom. The minimum atomic E-state index is -0.0755. The van der Waals surface area contributed by atoms with Gasteiger partial charge in [-0.1, -0.05) is 6.07 Å². The fourth-order valence-electron chi connectivity index (χ4n) is 3.66. The minimum absolute atomic E-state index is 0.0603. The lowest BCUT2D eigenvalue weighted by atomic mass is 10.1. The van der Waals surface area contributed by atoms with Crippen molar-refractivity contribution in [2.75, 3.05) is 6.54 Å². The summed E-state index contributed by atoms with van der Waals surface area (Å²) in [6.45, 7) is 1.21. The van der Waals surface area contributed by atoms with Gasteiger partial charge < -0.3 is 9.80 Å². The molecule has 0 radical (unpaired) electrons. The van der Waals surface area contributed by atoms with E-state index < -0.39 is 0 Å². The number of fused-ring (bicyclic) bond motifs is 1. The van der Waals surface area contributed by atoms with Gasteiger partial charge in [-0.05, 0) is 24.1 Å². The molecule has 7 nitrogen and oxygen atoms in total. The summed E-state index contributed by atoms with van der Waals surface area (Å²) in [5.41, 5.74) is 1.53. The second-order valence-corrected chi connectivity index (χ2v) is 6.14. The van der Waals surface area contributed by atoms with Crippen molar-refractivity contribution >= 4 is 11.8 Å². The molecule has 4 heterocycles. The molecular formula is C17H17N5O2.